The van der Waals surface area contributed by atoms with Gasteiger partial charge in [-0.05, 0) is 0 Å². The van der Waals surface area contributed by atoms with Gasteiger partial charge in [0.15, 0.2) is 5.69 Å². The summed E-state index contributed by atoms with van der Waals surface area (Å²) < 4.78 is 6.36. The third-order valence-electron chi connectivity index (χ3n) is 2.74. The zero-order chi connectivity index (χ0) is 13.8. The predicted molar refractivity (Wildman–Crippen MR) is 63.6 cm³/mol. The molecule has 2 heterocycles. The third kappa shape index (κ3) is 3.09. The van der Waals surface area contributed by atoms with Crippen LogP contribution in [0.15, 0.2) is 18.9 Å². The van der Waals surface area contributed by atoms with E-state index in [0.29, 0.717) is 19.6 Å². The van der Waals surface area contributed by atoms with Crippen molar-refractivity contribution in [2.24, 2.45) is 5.92 Å². The lowest BCUT2D eigenvalue weighted by Crippen LogP contribution is -2.51. The van der Waals surface area contributed by atoms with E-state index in [4.69, 9.17) is 9.84 Å². The second-order valence-corrected chi connectivity index (χ2v) is 4.27. The van der Waals surface area contributed by atoms with Crippen molar-refractivity contribution in [1.29, 1.82) is 0 Å². The normalized spacial score (nSPS) is 14.8. The minimum Gasteiger partial charge on any atom is -0.476 e. The van der Waals surface area contributed by atoms with Crippen LogP contribution in [-0.4, -0.2) is 56.8 Å². The van der Waals surface area contributed by atoms with Crippen molar-refractivity contribution in [3.8, 4) is 0 Å². The predicted octanol–water partition coefficient (Wildman–Crippen LogP) is 0.231. The molecule has 0 bridgehead atoms. The van der Waals surface area contributed by atoms with Crippen LogP contribution in [0.3, 0.4) is 0 Å². The zero-order valence-corrected chi connectivity index (χ0v) is 10.2. The first-order chi connectivity index (χ1) is 9.10. The van der Waals surface area contributed by atoms with Gasteiger partial charge in [-0.15, -0.1) is 5.10 Å². The smallest absolute Gasteiger partial charge is 0.410 e. The first-order valence-corrected chi connectivity index (χ1v) is 5.76. The number of aromatic nitrogens is 3. The molecule has 8 nitrogen and oxygen atoms in total. The Kier molecular flexibility index (Phi) is 3.79. The molecule has 0 aromatic carbocycles. The number of rotatable bonds is 5. The first kappa shape index (κ1) is 13.1. The van der Waals surface area contributed by atoms with Crippen LogP contribution in [0.5, 0.6) is 0 Å². The van der Waals surface area contributed by atoms with Crippen LogP contribution in [0.4, 0.5) is 4.79 Å². The van der Waals surface area contributed by atoms with Crippen LogP contribution >= 0.6 is 0 Å². The van der Waals surface area contributed by atoms with Crippen LogP contribution in [0, 0.1) is 5.92 Å². The third-order valence-corrected chi connectivity index (χ3v) is 2.74. The largest absolute Gasteiger partial charge is 0.476 e. The summed E-state index contributed by atoms with van der Waals surface area (Å²) in [5, 5.41) is 15.9. The highest BCUT2D eigenvalue weighted by atomic mass is 16.6. The van der Waals surface area contributed by atoms with Crippen molar-refractivity contribution >= 4 is 12.1 Å². The van der Waals surface area contributed by atoms with Crippen molar-refractivity contribution < 1.29 is 19.4 Å². The maximum absolute atomic E-state index is 11.4. The standard InChI is InChI=1S/C11H14N4O4/c1-2-3-19-11(18)14-4-8(5-14)6-15-7-9(10(16)17)12-13-15/h2,7-8H,1,3-6H2,(H,16,17). The van der Waals surface area contributed by atoms with Crippen LogP contribution in [0.25, 0.3) is 0 Å². The molecule has 0 unspecified atom stereocenters. The van der Waals surface area contributed by atoms with Gasteiger partial charge in [-0.25, -0.2) is 9.59 Å². The Morgan fingerprint density at radius 1 is 1.58 bits per heavy atom. The summed E-state index contributed by atoms with van der Waals surface area (Å²) in [6.45, 7) is 5.33. The van der Waals surface area contributed by atoms with E-state index in [1.807, 2.05) is 0 Å². The van der Waals surface area contributed by atoms with Gasteiger partial charge in [0.2, 0.25) is 0 Å². The molecule has 1 aliphatic rings. The molecule has 102 valence electrons. The van der Waals surface area contributed by atoms with E-state index in [2.05, 4.69) is 16.9 Å². The van der Waals surface area contributed by atoms with Gasteiger partial charge in [0.05, 0.1) is 6.20 Å². The Bertz CT molecular complexity index is 493. The van der Waals surface area contributed by atoms with E-state index >= 15 is 0 Å². The number of carbonyl (C=O) groups is 2. The highest BCUT2D eigenvalue weighted by Gasteiger charge is 2.32. The van der Waals surface area contributed by atoms with Crippen molar-refractivity contribution in [3.63, 3.8) is 0 Å². The van der Waals surface area contributed by atoms with Gasteiger partial charge >= 0.3 is 12.1 Å². The van der Waals surface area contributed by atoms with Crippen molar-refractivity contribution in [3.05, 3.63) is 24.5 Å². The molecule has 0 atom stereocenters. The molecule has 1 fully saturated rings. The molecule has 0 spiro atoms. The van der Waals surface area contributed by atoms with Crippen LogP contribution in [0.1, 0.15) is 10.5 Å². The maximum atomic E-state index is 11.4. The SMILES string of the molecule is C=CCOC(=O)N1CC(Cn2cc(C(=O)O)nn2)C1. The Labute approximate surface area is 109 Å². The topological polar surface area (TPSA) is 97.5 Å². The van der Waals surface area contributed by atoms with E-state index in [0.717, 1.165) is 0 Å². The van der Waals surface area contributed by atoms with Gasteiger partial charge in [0, 0.05) is 25.6 Å². The number of ether oxygens (including phenoxy) is 1. The molecule has 8 heteroatoms. The summed E-state index contributed by atoms with van der Waals surface area (Å²) >= 11 is 0. The molecular weight excluding hydrogens is 252 g/mol. The summed E-state index contributed by atoms with van der Waals surface area (Å²) in [7, 11) is 0. The molecule has 1 aromatic rings. The molecule has 2 rings (SSSR count). The van der Waals surface area contributed by atoms with E-state index in [1.54, 1.807) is 4.90 Å². The summed E-state index contributed by atoms with van der Waals surface area (Å²) in [6, 6.07) is 0. The molecule has 19 heavy (non-hydrogen) atoms. The molecule has 0 radical (unpaired) electrons. The Hall–Kier alpha value is -2.38. The van der Waals surface area contributed by atoms with E-state index < -0.39 is 5.97 Å². The van der Waals surface area contributed by atoms with Crippen molar-refractivity contribution in [2.45, 2.75) is 6.54 Å². The number of likely N-dealkylation sites (tertiary alicyclic amines) is 1. The van der Waals surface area contributed by atoms with Crippen LogP contribution < -0.4 is 0 Å². The lowest BCUT2D eigenvalue weighted by molar-refractivity contribution is 0.0534. The lowest BCUT2D eigenvalue weighted by atomic mass is 10.0. The van der Waals surface area contributed by atoms with Crippen LogP contribution in [0.2, 0.25) is 0 Å². The van der Waals surface area contributed by atoms with E-state index in [9.17, 15) is 9.59 Å². The fraction of sp³-hybridized carbons (Fsp3) is 0.455. The molecular formula is C11H14N4O4. The monoisotopic (exact) mass is 266 g/mol. The second-order valence-electron chi connectivity index (χ2n) is 4.27. The number of carbonyl (C=O) groups excluding carboxylic acids is 1. The number of nitrogens with zero attached hydrogens (tertiary/aromatic N) is 4. The molecule has 1 N–H and O–H groups in total. The molecule has 1 aromatic heterocycles. The fourth-order valence-electron chi connectivity index (χ4n) is 1.81. The number of carboxylic acids is 1. The van der Waals surface area contributed by atoms with Gasteiger partial charge in [-0.1, -0.05) is 17.9 Å². The summed E-state index contributed by atoms with van der Waals surface area (Å²) in [6.07, 6.45) is 2.53. The van der Waals surface area contributed by atoms with Gasteiger partial charge in [-0.3, -0.25) is 4.68 Å². The maximum Gasteiger partial charge on any atom is 0.410 e. The molecule has 1 amide bonds. The second kappa shape index (κ2) is 5.51. The average molecular weight is 266 g/mol. The molecule has 1 aliphatic heterocycles. The Morgan fingerprint density at radius 3 is 2.89 bits per heavy atom. The van der Waals surface area contributed by atoms with Crippen LogP contribution in [-0.2, 0) is 11.3 Å². The lowest BCUT2D eigenvalue weighted by Gasteiger charge is -2.37. The number of aromatic carboxylic acids is 1. The average Bonchev–Trinajstić information content (AvgIpc) is 2.79. The minimum atomic E-state index is -1.10. The zero-order valence-electron chi connectivity index (χ0n) is 10.2. The van der Waals surface area contributed by atoms with Crippen molar-refractivity contribution in [1.82, 2.24) is 19.9 Å². The highest BCUT2D eigenvalue weighted by molar-refractivity contribution is 5.84. The van der Waals surface area contributed by atoms with E-state index in [1.165, 1.54) is 17.0 Å². The van der Waals surface area contributed by atoms with Gasteiger partial charge in [0.1, 0.15) is 6.61 Å². The first-order valence-electron chi connectivity index (χ1n) is 5.76. The number of amides is 1. The Balaban J connectivity index is 1.76. The van der Waals surface area contributed by atoms with E-state index in [-0.39, 0.29) is 24.3 Å². The number of hydrogen-bond donors (Lipinski definition) is 1. The highest BCUT2D eigenvalue weighted by Crippen LogP contribution is 2.18. The summed E-state index contributed by atoms with van der Waals surface area (Å²) in [5.74, 6) is -0.867. The fourth-order valence-corrected chi connectivity index (χ4v) is 1.81. The number of hydrogen-bond acceptors (Lipinski definition) is 5. The van der Waals surface area contributed by atoms with Crippen molar-refractivity contribution in [2.75, 3.05) is 19.7 Å². The quantitative estimate of drug-likeness (QED) is 0.766. The minimum absolute atomic E-state index is 0.0819. The summed E-state index contributed by atoms with van der Waals surface area (Å²) in [5.41, 5.74) is -0.0819. The summed E-state index contributed by atoms with van der Waals surface area (Å²) in [4.78, 5) is 23.6. The molecule has 0 saturated carbocycles. The molecule has 0 aliphatic carbocycles. The Morgan fingerprint density at radius 2 is 2.32 bits per heavy atom. The van der Waals surface area contributed by atoms with Gasteiger partial charge in [0.25, 0.3) is 0 Å². The van der Waals surface area contributed by atoms with Gasteiger partial charge < -0.3 is 14.7 Å². The molecule has 1 saturated heterocycles. The number of carboxylic acid groups (broad SMARTS) is 1. The van der Waals surface area contributed by atoms with Gasteiger partial charge in [-0.2, -0.15) is 0 Å².